The van der Waals surface area contributed by atoms with E-state index in [4.69, 9.17) is 5.84 Å². The van der Waals surface area contributed by atoms with Gasteiger partial charge in [0.05, 0.1) is 11.1 Å². The Morgan fingerprint density at radius 3 is 2.72 bits per heavy atom. The van der Waals surface area contributed by atoms with Crippen molar-refractivity contribution in [1.82, 2.24) is 10.3 Å². The van der Waals surface area contributed by atoms with Crippen LogP contribution >= 0.6 is 0 Å². The molecular formula is C14H21N3O. The first kappa shape index (κ1) is 14.3. The molecule has 0 saturated carbocycles. The number of carbonyl (C=O) groups excluding carboxylic acids is 1. The Balaban J connectivity index is 2.96. The Morgan fingerprint density at radius 1 is 1.56 bits per heavy atom. The monoisotopic (exact) mass is 247 g/mol. The van der Waals surface area contributed by atoms with Crippen LogP contribution in [-0.4, -0.2) is 17.5 Å². The molecule has 0 fully saturated rings. The van der Waals surface area contributed by atoms with Gasteiger partial charge in [-0.15, -0.1) is 0 Å². The summed E-state index contributed by atoms with van der Waals surface area (Å²) in [6, 6.07) is 0. The Kier molecular flexibility index (Phi) is 4.50. The normalized spacial score (nSPS) is 17.7. The van der Waals surface area contributed by atoms with Crippen LogP contribution in [-0.2, 0) is 4.79 Å². The number of amides is 1. The highest BCUT2D eigenvalue weighted by molar-refractivity contribution is 5.85. The van der Waals surface area contributed by atoms with Gasteiger partial charge in [0.2, 0.25) is 5.91 Å². The van der Waals surface area contributed by atoms with Gasteiger partial charge in [0, 0.05) is 12.7 Å². The lowest BCUT2D eigenvalue weighted by atomic mass is 9.82. The molecule has 3 N–H and O–H groups in total. The summed E-state index contributed by atoms with van der Waals surface area (Å²) in [7, 11) is 0. The van der Waals surface area contributed by atoms with Crippen molar-refractivity contribution >= 4 is 5.91 Å². The summed E-state index contributed by atoms with van der Waals surface area (Å²) in [6.07, 6.45) is 9.03. The first-order valence-corrected chi connectivity index (χ1v) is 5.98. The van der Waals surface area contributed by atoms with Gasteiger partial charge in [0.15, 0.2) is 0 Å². The predicted octanol–water partition coefficient (Wildman–Crippen LogP) is 1.85. The molecule has 4 heteroatoms. The smallest absolute Gasteiger partial charge is 0.230 e. The van der Waals surface area contributed by atoms with Crippen molar-refractivity contribution in [3.05, 3.63) is 48.4 Å². The number of hydrogen-bond donors (Lipinski definition) is 2. The van der Waals surface area contributed by atoms with Crippen molar-refractivity contribution in [2.24, 2.45) is 11.3 Å². The minimum atomic E-state index is -0.607. The molecule has 1 aliphatic heterocycles. The van der Waals surface area contributed by atoms with Gasteiger partial charge >= 0.3 is 0 Å². The fourth-order valence-electron chi connectivity index (χ4n) is 1.67. The molecule has 0 aromatic rings. The molecule has 0 saturated heterocycles. The zero-order chi connectivity index (χ0) is 13.8. The number of hydrazine groups is 1. The van der Waals surface area contributed by atoms with E-state index in [2.05, 4.69) is 11.9 Å². The number of allylic oxidation sites excluding steroid dienone is 4. The highest BCUT2D eigenvalue weighted by atomic mass is 16.2. The maximum atomic E-state index is 12.0. The van der Waals surface area contributed by atoms with Gasteiger partial charge in [-0.3, -0.25) is 9.80 Å². The summed E-state index contributed by atoms with van der Waals surface area (Å²) in [5.74, 6) is 5.88. The fraction of sp³-hybridized carbons (Fsp3) is 0.357. The quantitative estimate of drug-likeness (QED) is 0.745. The van der Waals surface area contributed by atoms with E-state index in [0.29, 0.717) is 6.54 Å². The van der Waals surface area contributed by atoms with Crippen LogP contribution in [0.5, 0.6) is 0 Å². The van der Waals surface area contributed by atoms with Crippen LogP contribution in [0.3, 0.4) is 0 Å². The number of nitrogens with one attached hydrogen (secondary N) is 1. The molecule has 0 aliphatic carbocycles. The average Bonchev–Trinajstić information content (AvgIpc) is 2.32. The van der Waals surface area contributed by atoms with Gasteiger partial charge in [-0.2, -0.15) is 0 Å². The predicted molar refractivity (Wildman–Crippen MR) is 74.0 cm³/mol. The Bertz CT molecular complexity index is 430. The van der Waals surface area contributed by atoms with Crippen LogP contribution in [0.2, 0.25) is 0 Å². The van der Waals surface area contributed by atoms with Crippen LogP contribution in [0.25, 0.3) is 0 Å². The summed E-state index contributed by atoms with van der Waals surface area (Å²) < 4.78 is 0. The van der Waals surface area contributed by atoms with Crippen LogP contribution in [0.15, 0.2) is 48.4 Å². The number of carbonyl (C=O) groups is 1. The molecule has 1 aliphatic rings. The largest absolute Gasteiger partial charge is 0.356 e. The van der Waals surface area contributed by atoms with Crippen LogP contribution in [0.1, 0.15) is 20.8 Å². The molecule has 1 amide bonds. The second-order valence-corrected chi connectivity index (χ2v) is 4.64. The maximum absolute atomic E-state index is 12.0. The maximum Gasteiger partial charge on any atom is 0.230 e. The lowest BCUT2D eigenvalue weighted by molar-refractivity contribution is -0.127. The molecular weight excluding hydrogens is 226 g/mol. The van der Waals surface area contributed by atoms with E-state index in [9.17, 15) is 4.79 Å². The van der Waals surface area contributed by atoms with Gasteiger partial charge in [0.1, 0.15) is 0 Å². The summed E-state index contributed by atoms with van der Waals surface area (Å²) in [5.41, 5.74) is 1.10. The molecule has 98 valence electrons. The molecule has 0 spiro atoms. The summed E-state index contributed by atoms with van der Waals surface area (Å²) in [5, 5.41) is 4.33. The van der Waals surface area contributed by atoms with Gasteiger partial charge in [-0.25, -0.2) is 5.84 Å². The van der Waals surface area contributed by atoms with Gasteiger partial charge in [-0.1, -0.05) is 18.7 Å². The standard InChI is InChI=1S/C14H21N3O/c1-5-7-12-9-8-11(10-17(12)15)14(3,4)13(18)16-6-2/h5,7-10H,1,6,15H2,2-4H3,(H,16,18)/b12-7-. The lowest BCUT2D eigenvalue weighted by Gasteiger charge is -2.29. The summed E-state index contributed by atoms with van der Waals surface area (Å²) in [4.78, 5) is 12.0. The Hall–Kier alpha value is -1.81. The molecule has 0 aromatic carbocycles. The third-order valence-corrected chi connectivity index (χ3v) is 2.93. The van der Waals surface area contributed by atoms with Crippen LogP contribution in [0.4, 0.5) is 0 Å². The highest BCUT2D eigenvalue weighted by Gasteiger charge is 2.31. The average molecular weight is 247 g/mol. The Labute approximate surface area is 109 Å². The molecule has 1 rings (SSSR count). The van der Waals surface area contributed by atoms with Crippen molar-refractivity contribution in [3.8, 4) is 0 Å². The first-order valence-electron chi connectivity index (χ1n) is 5.98. The van der Waals surface area contributed by atoms with E-state index in [1.807, 2.05) is 39.0 Å². The Morgan fingerprint density at radius 2 is 2.22 bits per heavy atom. The van der Waals surface area contributed by atoms with E-state index in [1.165, 1.54) is 5.01 Å². The molecule has 0 unspecified atom stereocenters. The second kappa shape index (κ2) is 5.69. The van der Waals surface area contributed by atoms with Crippen molar-refractivity contribution in [2.45, 2.75) is 20.8 Å². The van der Waals surface area contributed by atoms with Crippen LogP contribution < -0.4 is 11.2 Å². The number of rotatable bonds is 4. The van der Waals surface area contributed by atoms with E-state index in [1.54, 1.807) is 12.3 Å². The molecule has 0 aromatic heterocycles. The second-order valence-electron chi connectivity index (χ2n) is 4.64. The molecule has 4 nitrogen and oxygen atoms in total. The molecule has 1 heterocycles. The minimum Gasteiger partial charge on any atom is -0.356 e. The molecule has 0 atom stereocenters. The molecule has 18 heavy (non-hydrogen) atoms. The van der Waals surface area contributed by atoms with E-state index < -0.39 is 5.41 Å². The SMILES string of the molecule is C=C/C=C1/C=CC(C(C)(C)C(=O)NCC)=CN1N. The van der Waals surface area contributed by atoms with Crippen molar-refractivity contribution < 1.29 is 4.79 Å². The van der Waals surface area contributed by atoms with E-state index in [-0.39, 0.29) is 5.91 Å². The first-order chi connectivity index (χ1) is 8.43. The molecule has 0 bridgehead atoms. The summed E-state index contributed by atoms with van der Waals surface area (Å²) in [6.45, 7) is 9.91. The zero-order valence-electron chi connectivity index (χ0n) is 11.2. The van der Waals surface area contributed by atoms with E-state index in [0.717, 1.165) is 11.3 Å². The third kappa shape index (κ3) is 2.90. The zero-order valence-corrected chi connectivity index (χ0v) is 11.2. The van der Waals surface area contributed by atoms with Gasteiger partial charge < -0.3 is 5.32 Å². The van der Waals surface area contributed by atoms with Crippen molar-refractivity contribution in [3.63, 3.8) is 0 Å². The summed E-state index contributed by atoms with van der Waals surface area (Å²) >= 11 is 0. The highest BCUT2D eigenvalue weighted by Crippen LogP contribution is 2.30. The minimum absolute atomic E-state index is 0.00884. The fourth-order valence-corrected chi connectivity index (χ4v) is 1.67. The number of hydrogen-bond acceptors (Lipinski definition) is 3. The van der Waals surface area contributed by atoms with Gasteiger partial charge in [0.25, 0.3) is 0 Å². The van der Waals surface area contributed by atoms with Gasteiger partial charge in [-0.05, 0) is 38.5 Å². The lowest BCUT2D eigenvalue weighted by Crippen LogP contribution is -2.39. The number of nitrogens with zero attached hydrogens (tertiary/aromatic N) is 1. The topological polar surface area (TPSA) is 58.4 Å². The number of nitrogens with two attached hydrogens (primary N) is 1. The van der Waals surface area contributed by atoms with Crippen LogP contribution in [0, 0.1) is 5.41 Å². The van der Waals surface area contributed by atoms with Crippen molar-refractivity contribution in [2.75, 3.05) is 6.54 Å². The van der Waals surface area contributed by atoms with Crippen molar-refractivity contribution in [1.29, 1.82) is 0 Å². The third-order valence-electron chi connectivity index (χ3n) is 2.93. The van der Waals surface area contributed by atoms with E-state index >= 15 is 0 Å². The molecule has 0 radical (unpaired) electrons.